The van der Waals surface area contributed by atoms with Crippen molar-refractivity contribution in [2.24, 2.45) is 0 Å². The molecule has 0 amide bonds. The molecule has 1 fully saturated rings. The molecule has 130 valence electrons. The predicted octanol–water partition coefficient (Wildman–Crippen LogP) is 3.55. The minimum absolute atomic E-state index is 0.417. The monoisotopic (exact) mass is 374 g/mol. The van der Waals surface area contributed by atoms with E-state index in [0.29, 0.717) is 11.1 Å². The van der Waals surface area contributed by atoms with Crippen LogP contribution in [0.3, 0.4) is 0 Å². The highest BCUT2D eigenvalue weighted by molar-refractivity contribution is 7.18. The SMILES string of the molecule is Cc1csc2c(N3CCC(N(C)c4ncc(Cl)cn4)CC3)ncnc12. The van der Waals surface area contributed by atoms with Crippen molar-refractivity contribution in [3.63, 3.8) is 0 Å². The Morgan fingerprint density at radius 3 is 2.60 bits per heavy atom. The number of halogens is 1. The molecule has 0 unspecified atom stereocenters. The van der Waals surface area contributed by atoms with Crippen LogP contribution in [0, 0.1) is 6.92 Å². The van der Waals surface area contributed by atoms with E-state index in [1.165, 1.54) is 10.3 Å². The van der Waals surface area contributed by atoms with E-state index in [-0.39, 0.29) is 0 Å². The number of nitrogens with zero attached hydrogens (tertiary/aromatic N) is 6. The Morgan fingerprint density at radius 1 is 1.16 bits per heavy atom. The molecule has 3 aromatic rings. The summed E-state index contributed by atoms with van der Waals surface area (Å²) in [5.74, 6) is 1.79. The summed E-state index contributed by atoms with van der Waals surface area (Å²) in [6.45, 7) is 4.03. The lowest BCUT2D eigenvalue weighted by atomic mass is 10.0. The molecule has 0 aliphatic carbocycles. The Labute approximate surface area is 155 Å². The first-order chi connectivity index (χ1) is 12.1. The number of hydrogen-bond acceptors (Lipinski definition) is 7. The van der Waals surface area contributed by atoms with Gasteiger partial charge in [0.1, 0.15) is 12.1 Å². The predicted molar refractivity (Wildman–Crippen MR) is 103 cm³/mol. The van der Waals surface area contributed by atoms with Crippen molar-refractivity contribution in [1.82, 2.24) is 19.9 Å². The maximum Gasteiger partial charge on any atom is 0.225 e. The maximum absolute atomic E-state index is 5.88. The number of fused-ring (bicyclic) bond motifs is 1. The Hall–Kier alpha value is -1.99. The van der Waals surface area contributed by atoms with E-state index in [1.807, 2.05) is 0 Å². The lowest BCUT2D eigenvalue weighted by Gasteiger charge is -2.37. The molecule has 0 spiro atoms. The average Bonchev–Trinajstić information content (AvgIpc) is 3.03. The van der Waals surface area contributed by atoms with E-state index in [4.69, 9.17) is 11.6 Å². The third-order valence-electron chi connectivity index (χ3n) is 4.75. The van der Waals surface area contributed by atoms with Gasteiger partial charge in [0.15, 0.2) is 0 Å². The van der Waals surface area contributed by atoms with Crippen molar-refractivity contribution in [2.45, 2.75) is 25.8 Å². The van der Waals surface area contributed by atoms with Gasteiger partial charge in [0.2, 0.25) is 5.95 Å². The van der Waals surface area contributed by atoms with Crippen molar-refractivity contribution >= 4 is 44.9 Å². The molecule has 8 heteroatoms. The van der Waals surface area contributed by atoms with Crippen LogP contribution in [0.25, 0.3) is 10.2 Å². The summed E-state index contributed by atoms with van der Waals surface area (Å²) in [6.07, 6.45) is 7.05. The second kappa shape index (κ2) is 6.72. The van der Waals surface area contributed by atoms with Gasteiger partial charge in [0.05, 0.1) is 27.6 Å². The molecule has 4 heterocycles. The van der Waals surface area contributed by atoms with Crippen molar-refractivity contribution in [3.05, 3.63) is 34.7 Å². The molecule has 0 bridgehead atoms. The summed E-state index contributed by atoms with van der Waals surface area (Å²) in [7, 11) is 2.05. The molecule has 0 atom stereocenters. The van der Waals surface area contributed by atoms with Crippen molar-refractivity contribution in [3.8, 4) is 0 Å². The fourth-order valence-electron chi connectivity index (χ4n) is 3.30. The van der Waals surface area contributed by atoms with Crippen LogP contribution >= 0.6 is 22.9 Å². The van der Waals surface area contributed by atoms with E-state index < -0.39 is 0 Å². The lowest BCUT2D eigenvalue weighted by molar-refractivity contribution is 0.476. The topological polar surface area (TPSA) is 58.0 Å². The zero-order valence-corrected chi connectivity index (χ0v) is 15.8. The maximum atomic E-state index is 5.88. The molecular weight excluding hydrogens is 356 g/mol. The second-order valence-corrected chi connectivity index (χ2v) is 7.64. The van der Waals surface area contributed by atoms with E-state index in [1.54, 1.807) is 30.1 Å². The zero-order chi connectivity index (χ0) is 17.4. The van der Waals surface area contributed by atoms with Gasteiger partial charge in [-0.15, -0.1) is 11.3 Å². The summed E-state index contributed by atoms with van der Waals surface area (Å²) >= 11 is 7.61. The highest BCUT2D eigenvalue weighted by Gasteiger charge is 2.26. The number of aryl methyl sites for hydroxylation is 1. The highest BCUT2D eigenvalue weighted by Crippen LogP contribution is 2.32. The van der Waals surface area contributed by atoms with Gasteiger partial charge in [-0.1, -0.05) is 11.6 Å². The largest absolute Gasteiger partial charge is 0.355 e. The molecule has 0 radical (unpaired) electrons. The van der Waals surface area contributed by atoms with E-state index in [2.05, 4.69) is 49.1 Å². The molecule has 3 aromatic heterocycles. The molecule has 25 heavy (non-hydrogen) atoms. The molecule has 0 N–H and O–H groups in total. The molecule has 0 saturated carbocycles. The van der Waals surface area contributed by atoms with Crippen LogP contribution in [-0.4, -0.2) is 46.1 Å². The number of rotatable bonds is 3. The molecule has 1 aliphatic rings. The van der Waals surface area contributed by atoms with Crippen molar-refractivity contribution in [1.29, 1.82) is 0 Å². The summed E-state index contributed by atoms with van der Waals surface area (Å²) in [4.78, 5) is 22.1. The van der Waals surface area contributed by atoms with Crippen LogP contribution < -0.4 is 9.80 Å². The summed E-state index contributed by atoms with van der Waals surface area (Å²) in [6, 6.07) is 0.417. The first kappa shape index (κ1) is 16.5. The number of aromatic nitrogens is 4. The molecular formula is C17H19ClN6S. The Kier molecular flexibility index (Phi) is 4.43. The average molecular weight is 375 g/mol. The minimum atomic E-state index is 0.417. The fourth-order valence-corrected chi connectivity index (χ4v) is 4.41. The molecule has 4 rings (SSSR count). The lowest BCUT2D eigenvalue weighted by Crippen LogP contribution is -2.44. The number of piperidine rings is 1. The third kappa shape index (κ3) is 3.14. The van der Waals surface area contributed by atoms with Crippen LogP contribution in [0.1, 0.15) is 18.4 Å². The molecule has 1 saturated heterocycles. The second-order valence-electron chi connectivity index (χ2n) is 6.32. The van der Waals surface area contributed by atoms with Gasteiger partial charge in [-0.05, 0) is 30.7 Å². The first-order valence-electron chi connectivity index (χ1n) is 8.27. The zero-order valence-electron chi connectivity index (χ0n) is 14.2. The first-order valence-corrected chi connectivity index (χ1v) is 9.53. The van der Waals surface area contributed by atoms with E-state index >= 15 is 0 Å². The van der Waals surface area contributed by atoms with Crippen LogP contribution in [0.5, 0.6) is 0 Å². The summed E-state index contributed by atoms with van der Waals surface area (Å²) in [5, 5.41) is 2.72. The minimum Gasteiger partial charge on any atom is -0.355 e. The quantitative estimate of drug-likeness (QED) is 0.698. The van der Waals surface area contributed by atoms with Crippen LogP contribution in [0.15, 0.2) is 24.1 Å². The van der Waals surface area contributed by atoms with Gasteiger partial charge >= 0.3 is 0 Å². The van der Waals surface area contributed by atoms with Crippen LogP contribution in [0.4, 0.5) is 11.8 Å². The number of hydrogen-bond donors (Lipinski definition) is 0. The summed E-state index contributed by atoms with van der Waals surface area (Å²) < 4.78 is 1.19. The van der Waals surface area contributed by atoms with Gasteiger partial charge in [0, 0.05) is 26.2 Å². The van der Waals surface area contributed by atoms with Gasteiger partial charge in [0.25, 0.3) is 0 Å². The highest BCUT2D eigenvalue weighted by atomic mass is 35.5. The van der Waals surface area contributed by atoms with Gasteiger partial charge in [-0.2, -0.15) is 0 Å². The number of anilines is 2. The molecule has 6 nitrogen and oxygen atoms in total. The number of thiophene rings is 1. The van der Waals surface area contributed by atoms with Crippen LogP contribution in [-0.2, 0) is 0 Å². The van der Waals surface area contributed by atoms with Gasteiger partial charge in [-0.3, -0.25) is 0 Å². The molecule has 0 aromatic carbocycles. The third-order valence-corrected chi connectivity index (χ3v) is 6.02. The van der Waals surface area contributed by atoms with E-state index in [0.717, 1.165) is 43.2 Å². The Bertz CT molecular complexity index is 872. The van der Waals surface area contributed by atoms with Crippen molar-refractivity contribution < 1.29 is 0 Å². The normalized spacial score (nSPS) is 15.7. The fraction of sp³-hybridized carbons (Fsp3) is 0.412. The Balaban J connectivity index is 1.48. The van der Waals surface area contributed by atoms with Gasteiger partial charge in [-0.25, -0.2) is 19.9 Å². The Morgan fingerprint density at radius 2 is 1.88 bits per heavy atom. The standard InChI is InChI=1S/C17H19ClN6S/c1-11-9-25-15-14(11)21-10-22-16(15)24-5-3-13(4-6-24)23(2)17-19-7-12(18)8-20-17/h7-10,13H,3-6H2,1-2H3. The summed E-state index contributed by atoms with van der Waals surface area (Å²) in [5.41, 5.74) is 2.29. The molecule has 1 aliphatic heterocycles. The smallest absolute Gasteiger partial charge is 0.225 e. The van der Waals surface area contributed by atoms with Crippen molar-refractivity contribution in [2.75, 3.05) is 29.9 Å². The van der Waals surface area contributed by atoms with E-state index in [9.17, 15) is 0 Å². The van der Waals surface area contributed by atoms with Gasteiger partial charge < -0.3 is 9.80 Å². The van der Waals surface area contributed by atoms with Crippen LogP contribution in [0.2, 0.25) is 5.02 Å².